The number of benzene rings is 4. The number of thioether (sulfide) groups is 1. The van der Waals surface area contributed by atoms with Gasteiger partial charge in [-0.2, -0.15) is 12.6 Å². The number of hydrogen-bond acceptors (Lipinski definition) is 4. The Labute approximate surface area is 334 Å². The zero-order valence-electron chi connectivity index (χ0n) is 32.3. The van der Waals surface area contributed by atoms with Crippen LogP contribution < -0.4 is 4.90 Å². The topological polar surface area (TPSA) is 6.48 Å². The summed E-state index contributed by atoms with van der Waals surface area (Å²) in [4.78, 5) is 7.53. The predicted octanol–water partition coefficient (Wildman–Crippen LogP) is 13.0. The molecule has 4 aromatic carbocycles. The SMILES string of the molecule is CCCc1cc2ccccc2cc1C1CCCC2C3CC(N(c4ccccc4)c4cccc(C)c4)CC(C3S)N3C4=C(CCC=C4)SC4CCCC(C12)C43. The molecule has 0 radical (unpaired) electrons. The summed E-state index contributed by atoms with van der Waals surface area (Å²) in [7, 11) is 0. The van der Waals surface area contributed by atoms with Crippen molar-refractivity contribution >= 4 is 46.5 Å². The third-order valence-electron chi connectivity index (χ3n) is 14.7. The summed E-state index contributed by atoms with van der Waals surface area (Å²) in [5.41, 5.74) is 8.92. The van der Waals surface area contributed by atoms with E-state index in [4.69, 9.17) is 12.6 Å². The van der Waals surface area contributed by atoms with Crippen LogP contribution in [0.25, 0.3) is 10.8 Å². The van der Waals surface area contributed by atoms with Gasteiger partial charge in [0.1, 0.15) is 0 Å². The Kier molecular flexibility index (Phi) is 9.67. The minimum atomic E-state index is 0.366. The quantitative estimate of drug-likeness (QED) is 0.196. The van der Waals surface area contributed by atoms with E-state index in [0.717, 1.165) is 12.3 Å². The molecule has 0 amide bonds. The molecule has 280 valence electrons. The molecular weight excluding hydrogens is 693 g/mol. The van der Waals surface area contributed by atoms with Gasteiger partial charge in [0.25, 0.3) is 0 Å². The number of hydrogen-bond donors (Lipinski definition) is 1. The first-order valence-electron chi connectivity index (χ1n) is 21.5. The van der Waals surface area contributed by atoms with E-state index in [2.05, 4.69) is 139 Å². The van der Waals surface area contributed by atoms with Gasteiger partial charge in [0.15, 0.2) is 0 Å². The van der Waals surface area contributed by atoms with E-state index in [0.29, 0.717) is 52.3 Å². The van der Waals surface area contributed by atoms with E-state index in [1.807, 2.05) is 0 Å². The summed E-state index contributed by atoms with van der Waals surface area (Å²) in [6.45, 7) is 4.64. The van der Waals surface area contributed by atoms with Crippen molar-refractivity contribution in [1.29, 1.82) is 0 Å². The smallest absolute Gasteiger partial charge is 0.0465 e. The number of fused-ring (bicyclic) bond motifs is 8. The van der Waals surface area contributed by atoms with Crippen LogP contribution >= 0.6 is 24.4 Å². The Balaban J connectivity index is 1.16. The van der Waals surface area contributed by atoms with Gasteiger partial charge in [-0.3, -0.25) is 0 Å². The number of nitrogens with zero attached hydrogens (tertiary/aromatic N) is 2. The van der Waals surface area contributed by atoms with E-state index in [-0.39, 0.29) is 0 Å². The highest BCUT2D eigenvalue weighted by Crippen LogP contribution is 2.61. The lowest BCUT2D eigenvalue weighted by atomic mass is 9.53. The average Bonchev–Trinajstić information content (AvgIpc) is 3.20. The van der Waals surface area contributed by atoms with Gasteiger partial charge in [-0.25, -0.2) is 0 Å². The number of rotatable bonds is 6. The summed E-state index contributed by atoms with van der Waals surface area (Å²) < 4.78 is 0. The van der Waals surface area contributed by atoms with E-state index in [9.17, 15) is 0 Å². The van der Waals surface area contributed by atoms with Crippen LogP contribution in [-0.2, 0) is 6.42 Å². The van der Waals surface area contributed by atoms with E-state index < -0.39 is 0 Å². The molecule has 2 heterocycles. The second kappa shape index (κ2) is 14.8. The van der Waals surface area contributed by atoms with Crippen molar-refractivity contribution in [2.75, 3.05) is 4.90 Å². The fourth-order valence-electron chi connectivity index (χ4n) is 12.8. The molecule has 10 atom stereocenters. The molecule has 10 unspecified atom stereocenters. The second-order valence-electron chi connectivity index (χ2n) is 17.7. The van der Waals surface area contributed by atoms with Crippen molar-refractivity contribution in [1.82, 2.24) is 4.90 Å². The summed E-state index contributed by atoms with van der Waals surface area (Å²) >= 11 is 8.21. The van der Waals surface area contributed by atoms with Gasteiger partial charge < -0.3 is 9.80 Å². The molecule has 2 aliphatic heterocycles. The third-order valence-corrected chi connectivity index (χ3v) is 17.0. The third kappa shape index (κ3) is 6.08. The highest BCUT2D eigenvalue weighted by molar-refractivity contribution is 8.03. The van der Waals surface area contributed by atoms with Crippen LogP contribution in [0, 0.1) is 30.6 Å². The van der Waals surface area contributed by atoms with E-state index >= 15 is 0 Å². The van der Waals surface area contributed by atoms with Gasteiger partial charge in [0.05, 0.1) is 0 Å². The largest absolute Gasteiger partial charge is 0.362 e. The van der Waals surface area contributed by atoms with Gasteiger partial charge in [0, 0.05) is 50.6 Å². The maximum Gasteiger partial charge on any atom is 0.0465 e. The first kappa shape index (κ1) is 35.3. The van der Waals surface area contributed by atoms with Crippen LogP contribution in [0.5, 0.6) is 0 Å². The molecule has 1 saturated heterocycles. The maximum absolute atomic E-state index is 5.90. The zero-order chi connectivity index (χ0) is 36.3. The number of anilines is 2. The van der Waals surface area contributed by atoms with E-state index in [1.54, 1.807) is 21.7 Å². The lowest BCUT2D eigenvalue weighted by Gasteiger charge is -2.64. The van der Waals surface area contributed by atoms with Crippen LogP contribution in [0.1, 0.15) is 100 Å². The van der Waals surface area contributed by atoms with E-state index in [1.165, 1.54) is 98.3 Å². The molecule has 0 spiro atoms. The number of thiol groups is 1. The lowest BCUT2D eigenvalue weighted by molar-refractivity contribution is -0.0451. The van der Waals surface area contributed by atoms with Gasteiger partial charge in [-0.15, -0.1) is 11.8 Å². The highest BCUT2D eigenvalue weighted by atomic mass is 32.2. The van der Waals surface area contributed by atoms with Crippen LogP contribution in [0.2, 0.25) is 0 Å². The molecule has 0 N–H and O–H groups in total. The lowest BCUT2D eigenvalue weighted by Crippen LogP contribution is -2.66. The zero-order valence-corrected chi connectivity index (χ0v) is 34.0. The van der Waals surface area contributed by atoms with Crippen molar-refractivity contribution in [3.05, 3.63) is 130 Å². The molecule has 2 nitrogen and oxygen atoms in total. The fourth-order valence-corrected chi connectivity index (χ4v) is 15.1. The maximum atomic E-state index is 5.90. The van der Waals surface area contributed by atoms with Crippen LogP contribution in [0.3, 0.4) is 0 Å². The van der Waals surface area contributed by atoms with Gasteiger partial charge in [0.2, 0.25) is 0 Å². The molecule has 4 aliphatic carbocycles. The average molecular weight is 751 g/mol. The number of allylic oxidation sites excluding steroid dienone is 3. The Bertz CT molecular complexity index is 2050. The molecule has 6 aliphatic rings. The van der Waals surface area contributed by atoms with Gasteiger partial charge in [-0.05, 0) is 152 Å². The first-order chi connectivity index (χ1) is 26.6. The molecule has 54 heavy (non-hydrogen) atoms. The minimum absolute atomic E-state index is 0.366. The van der Waals surface area contributed by atoms with Crippen molar-refractivity contribution in [2.24, 2.45) is 23.7 Å². The Morgan fingerprint density at radius 1 is 0.796 bits per heavy atom. The summed E-state index contributed by atoms with van der Waals surface area (Å²) in [6.07, 6.45) is 20.4. The molecule has 10 rings (SSSR count). The van der Waals surface area contributed by atoms with Gasteiger partial charge >= 0.3 is 0 Å². The Morgan fingerprint density at radius 2 is 1.57 bits per heavy atom. The molecule has 3 saturated carbocycles. The van der Waals surface area contributed by atoms with Crippen molar-refractivity contribution in [2.45, 2.75) is 125 Å². The normalized spacial score (nSPS) is 33.0. The summed E-state index contributed by atoms with van der Waals surface area (Å²) in [6, 6.07) is 36.5. The fraction of sp³-hybridized carbons (Fsp3) is 0.480. The van der Waals surface area contributed by atoms with Crippen LogP contribution in [0.4, 0.5) is 11.4 Å². The summed E-state index contributed by atoms with van der Waals surface area (Å²) in [5.74, 6) is 3.29. The monoisotopic (exact) mass is 750 g/mol. The molecule has 4 fully saturated rings. The minimum Gasteiger partial charge on any atom is -0.362 e. The molecule has 2 bridgehead atoms. The summed E-state index contributed by atoms with van der Waals surface area (Å²) in [5, 5.41) is 3.89. The van der Waals surface area contributed by atoms with Gasteiger partial charge in [-0.1, -0.05) is 99.0 Å². The number of para-hydroxylation sites is 1. The van der Waals surface area contributed by atoms with Crippen molar-refractivity contribution < 1.29 is 0 Å². The Hall–Kier alpha value is -3.08. The van der Waals surface area contributed by atoms with Crippen LogP contribution in [-0.4, -0.2) is 33.5 Å². The Morgan fingerprint density at radius 3 is 2.41 bits per heavy atom. The standard InChI is InChI=1S/C50H58N2S2/c1-3-14-35-28-33-16-7-8-17-34(33)29-42(35)39-21-12-22-40-43-30-38(51(36-18-5-4-6-19-36)37-20-11-15-32(2)27-37)31-45(50(43)53)52-44-24-9-10-25-46(44)54-47-26-13-23-41(48(39)40)49(47)52/h4-9,11,15-20,24,27-29,38-41,43,45,47-50,53H,3,10,12-14,21-23,25-26,30-31H2,1-2H3. The van der Waals surface area contributed by atoms with Crippen molar-refractivity contribution in [3.8, 4) is 0 Å². The predicted molar refractivity (Wildman–Crippen MR) is 234 cm³/mol. The molecule has 4 aromatic rings. The first-order valence-corrected chi connectivity index (χ1v) is 22.9. The van der Waals surface area contributed by atoms with Crippen molar-refractivity contribution in [3.63, 3.8) is 0 Å². The number of aryl methyl sites for hydroxylation is 2. The highest BCUT2D eigenvalue weighted by Gasteiger charge is 2.58. The molecule has 4 heteroatoms. The second-order valence-corrected chi connectivity index (χ2v) is 19.6. The molecule has 0 aromatic heterocycles. The van der Waals surface area contributed by atoms with Crippen LogP contribution in [0.15, 0.2) is 114 Å². The molecular formula is C50H58N2S2.